The minimum atomic E-state index is -0.182. The number of nitrogens with two attached hydrogens (primary N) is 1. The van der Waals surface area contributed by atoms with Crippen molar-refractivity contribution in [2.45, 2.75) is 18.9 Å². The maximum Gasteiger partial charge on any atom is 0.269 e. The highest BCUT2D eigenvalue weighted by Crippen LogP contribution is 2.31. The molecule has 1 aromatic carbocycles. The lowest BCUT2D eigenvalue weighted by Crippen LogP contribution is -2.38. The molecule has 1 aliphatic rings. The molecular weight excluding hydrogens is 288 g/mol. The third-order valence-corrected chi connectivity index (χ3v) is 3.94. The summed E-state index contributed by atoms with van der Waals surface area (Å²) in [5, 5.41) is 10.4. The predicted molar refractivity (Wildman–Crippen MR) is 82.1 cm³/mol. The number of amides is 1. The van der Waals surface area contributed by atoms with Crippen LogP contribution in [-0.4, -0.2) is 28.7 Å². The molecule has 0 radical (unpaired) electrons. The van der Waals surface area contributed by atoms with Crippen molar-refractivity contribution in [3.63, 3.8) is 0 Å². The third-order valence-electron chi connectivity index (χ3n) is 3.69. The number of hydrogen-bond donors (Lipinski definition) is 3. The molecule has 1 atom stereocenters. The largest absolute Gasteiger partial charge is 0.349 e. The zero-order valence-corrected chi connectivity index (χ0v) is 12.2. The van der Waals surface area contributed by atoms with Crippen LogP contribution in [0.1, 0.15) is 23.3 Å². The molecule has 0 aliphatic heterocycles. The molecular formula is C15H17ClN4O. The van der Waals surface area contributed by atoms with Crippen molar-refractivity contribution in [1.82, 2.24) is 15.5 Å². The summed E-state index contributed by atoms with van der Waals surface area (Å²) in [4.78, 5) is 12.0. The van der Waals surface area contributed by atoms with Crippen LogP contribution in [0.3, 0.4) is 0 Å². The average molecular weight is 305 g/mol. The Morgan fingerprint density at radius 3 is 2.81 bits per heavy atom. The van der Waals surface area contributed by atoms with Gasteiger partial charge in [0.15, 0.2) is 0 Å². The molecule has 6 heteroatoms. The van der Waals surface area contributed by atoms with Gasteiger partial charge in [-0.15, -0.1) is 0 Å². The van der Waals surface area contributed by atoms with E-state index in [9.17, 15) is 4.79 Å². The van der Waals surface area contributed by atoms with E-state index in [2.05, 4.69) is 15.5 Å². The number of nitrogens with zero attached hydrogens (tertiary/aromatic N) is 1. The first kappa shape index (κ1) is 14.1. The van der Waals surface area contributed by atoms with Gasteiger partial charge in [0, 0.05) is 23.2 Å². The summed E-state index contributed by atoms with van der Waals surface area (Å²) >= 11 is 5.85. The fraction of sp³-hybridized carbons (Fsp3) is 0.333. The Bertz CT molecular complexity index is 633. The number of rotatable bonds is 5. The first-order valence-corrected chi connectivity index (χ1v) is 7.36. The Labute approximate surface area is 127 Å². The molecule has 0 saturated heterocycles. The van der Waals surface area contributed by atoms with Gasteiger partial charge in [-0.25, -0.2) is 0 Å². The van der Waals surface area contributed by atoms with Gasteiger partial charge >= 0.3 is 0 Å². The van der Waals surface area contributed by atoms with Crippen molar-refractivity contribution < 1.29 is 4.79 Å². The van der Waals surface area contributed by atoms with Gasteiger partial charge in [-0.3, -0.25) is 9.89 Å². The first-order chi connectivity index (χ1) is 10.1. The second-order valence-corrected chi connectivity index (χ2v) is 5.82. The highest BCUT2D eigenvalue weighted by molar-refractivity contribution is 6.30. The standard InChI is InChI=1S/C15H17ClN4O/c16-11-5-3-10(4-6-11)13-7-14(20-19-13)15(21)18-8-12(17)9-1-2-9/h3-7,9,12H,1-2,8,17H2,(H,18,21)(H,19,20). The van der Waals surface area contributed by atoms with Gasteiger partial charge in [0.05, 0.1) is 5.69 Å². The zero-order chi connectivity index (χ0) is 14.8. The first-order valence-electron chi connectivity index (χ1n) is 6.98. The number of hydrogen-bond acceptors (Lipinski definition) is 3. The van der Waals surface area contributed by atoms with E-state index in [1.807, 2.05) is 12.1 Å². The van der Waals surface area contributed by atoms with Crippen LogP contribution in [0.4, 0.5) is 0 Å². The summed E-state index contributed by atoms with van der Waals surface area (Å²) in [7, 11) is 0. The SMILES string of the molecule is NC(CNC(=O)c1cc(-c2ccc(Cl)cc2)n[nH]1)C1CC1. The molecule has 2 aromatic rings. The van der Waals surface area contributed by atoms with Gasteiger partial charge in [0.25, 0.3) is 5.91 Å². The second kappa shape index (κ2) is 5.87. The Morgan fingerprint density at radius 1 is 1.43 bits per heavy atom. The van der Waals surface area contributed by atoms with Crippen LogP contribution in [-0.2, 0) is 0 Å². The van der Waals surface area contributed by atoms with E-state index < -0.39 is 0 Å². The molecule has 3 rings (SSSR count). The van der Waals surface area contributed by atoms with Crippen molar-refractivity contribution in [2.75, 3.05) is 6.54 Å². The molecule has 1 amide bonds. The molecule has 1 aliphatic carbocycles. The van der Waals surface area contributed by atoms with Crippen molar-refractivity contribution in [3.8, 4) is 11.3 Å². The van der Waals surface area contributed by atoms with Crippen LogP contribution in [0.2, 0.25) is 5.02 Å². The number of H-pyrrole nitrogens is 1. The maximum atomic E-state index is 12.0. The summed E-state index contributed by atoms with van der Waals surface area (Å²) in [6.45, 7) is 0.499. The third kappa shape index (κ3) is 3.43. The number of carbonyl (C=O) groups excluding carboxylic acids is 1. The molecule has 1 heterocycles. The smallest absolute Gasteiger partial charge is 0.269 e. The van der Waals surface area contributed by atoms with E-state index in [-0.39, 0.29) is 11.9 Å². The van der Waals surface area contributed by atoms with E-state index in [0.29, 0.717) is 28.9 Å². The Balaban J connectivity index is 1.63. The van der Waals surface area contributed by atoms with Gasteiger partial charge in [-0.2, -0.15) is 5.10 Å². The number of benzene rings is 1. The van der Waals surface area contributed by atoms with Crippen LogP contribution in [0, 0.1) is 5.92 Å². The van der Waals surface area contributed by atoms with E-state index in [0.717, 1.165) is 5.56 Å². The highest BCUT2D eigenvalue weighted by Gasteiger charge is 2.28. The molecule has 1 saturated carbocycles. The normalized spacial score (nSPS) is 15.7. The molecule has 21 heavy (non-hydrogen) atoms. The topological polar surface area (TPSA) is 83.8 Å². The quantitative estimate of drug-likeness (QED) is 0.792. The van der Waals surface area contributed by atoms with Gasteiger partial charge < -0.3 is 11.1 Å². The van der Waals surface area contributed by atoms with Crippen LogP contribution in [0.5, 0.6) is 0 Å². The van der Waals surface area contributed by atoms with Crippen molar-refractivity contribution >= 4 is 17.5 Å². The van der Waals surface area contributed by atoms with Crippen molar-refractivity contribution in [2.24, 2.45) is 11.7 Å². The zero-order valence-electron chi connectivity index (χ0n) is 11.5. The Hall–Kier alpha value is -1.85. The maximum absolute atomic E-state index is 12.0. The van der Waals surface area contributed by atoms with Crippen LogP contribution < -0.4 is 11.1 Å². The van der Waals surface area contributed by atoms with Crippen molar-refractivity contribution in [1.29, 1.82) is 0 Å². The summed E-state index contributed by atoms with van der Waals surface area (Å²) < 4.78 is 0. The molecule has 0 bridgehead atoms. The van der Waals surface area contributed by atoms with E-state index in [1.165, 1.54) is 12.8 Å². The Kier molecular flexibility index (Phi) is 3.94. The number of nitrogens with one attached hydrogen (secondary N) is 2. The van der Waals surface area contributed by atoms with Crippen LogP contribution in [0.15, 0.2) is 30.3 Å². The Morgan fingerprint density at radius 2 is 2.14 bits per heavy atom. The van der Waals surface area contributed by atoms with E-state index >= 15 is 0 Å². The lowest BCUT2D eigenvalue weighted by Gasteiger charge is -2.10. The molecule has 0 spiro atoms. The van der Waals surface area contributed by atoms with Crippen LogP contribution >= 0.6 is 11.6 Å². The summed E-state index contributed by atoms with van der Waals surface area (Å²) in [5.74, 6) is 0.385. The number of carbonyl (C=O) groups is 1. The van der Waals surface area contributed by atoms with Gasteiger partial charge in [0.1, 0.15) is 5.69 Å². The van der Waals surface area contributed by atoms with E-state index in [4.69, 9.17) is 17.3 Å². The van der Waals surface area contributed by atoms with Gasteiger partial charge in [0.2, 0.25) is 0 Å². The summed E-state index contributed by atoms with van der Waals surface area (Å²) in [5.41, 5.74) is 8.01. The monoisotopic (exact) mass is 304 g/mol. The van der Waals surface area contributed by atoms with Crippen molar-refractivity contribution in [3.05, 3.63) is 41.0 Å². The number of halogens is 1. The number of aromatic nitrogens is 2. The highest BCUT2D eigenvalue weighted by atomic mass is 35.5. The molecule has 4 N–H and O–H groups in total. The molecule has 1 fully saturated rings. The lowest BCUT2D eigenvalue weighted by molar-refractivity contribution is 0.0945. The van der Waals surface area contributed by atoms with Gasteiger partial charge in [-0.1, -0.05) is 23.7 Å². The molecule has 1 unspecified atom stereocenters. The van der Waals surface area contributed by atoms with Gasteiger partial charge in [-0.05, 0) is 37.0 Å². The lowest BCUT2D eigenvalue weighted by atomic mass is 10.1. The molecule has 110 valence electrons. The predicted octanol–water partition coefficient (Wildman–Crippen LogP) is 2.20. The fourth-order valence-corrected chi connectivity index (χ4v) is 2.33. The number of aromatic amines is 1. The molecule has 5 nitrogen and oxygen atoms in total. The van der Waals surface area contributed by atoms with Crippen LogP contribution in [0.25, 0.3) is 11.3 Å². The second-order valence-electron chi connectivity index (χ2n) is 5.39. The minimum absolute atomic E-state index is 0.0487. The minimum Gasteiger partial charge on any atom is -0.349 e. The molecule has 1 aromatic heterocycles. The average Bonchev–Trinajstić information content (AvgIpc) is 3.23. The summed E-state index contributed by atoms with van der Waals surface area (Å²) in [6.07, 6.45) is 2.34. The summed E-state index contributed by atoms with van der Waals surface area (Å²) in [6, 6.07) is 9.08. The fourth-order valence-electron chi connectivity index (χ4n) is 2.20. The van der Waals surface area contributed by atoms with E-state index in [1.54, 1.807) is 18.2 Å².